The van der Waals surface area contributed by atoms with Crippen LogP contribution >= 0.6 is 34.5 Å². The fraction of sp³-hybridized carbons (Fsp3) is 0.643. The van der Waals surface area contributed by atoms with Gasteiger partial charge in [-0.1, -0.05) is 37.0 Å². The molecule has 1 fully saturated rings. The molecule has 112 valence electrons. The van der Waals surface area contributed by atoms with Gasteiger partial charge in [0.05, 0.1) is 9.90 Å². The molecule has 0 aliphatic carbocycles. The zero-order chi connectivity index (χ0) is 14.7. The highest BCUT2D eigenvalue weighted by molar-refractivity contribution is 7.20. The predicted molar refractivity (Wildman–Crippen MR) is 86.1 cm³/mol. The standard InChI is InChI=1S/C14H20Cl2N2OS/c1-9(2)8-18(10-3-5-17-6-4-10)14(19)11-7-12(15)20-13(11)16/h7,9-10,17H,3-6,8H2,1-2H3. The van der Waals surface area contributed by atoms with E-state index in [0.717, 1.165) is 32.5 Å². The fourth-order valence-corrected chi connectivity index (χ4v) is 4.00. The molecule has 0 atom stereocenters. The molecule has 1 aliphatic rings. The summed E-state index contributed by atoms with van der Waals surface area (Å²) in [6, 6.07) is 1.98. The molecule has 2 heterocycles. The summed E-state index contributed by atoms with van der Waals surface area (Å²) in [7, 11) is 0. The molecule has 0 radical (unpaired) electrons. The average Bonchev–Trinajstić information content (AvgIpc) is 2.75. The molecule has 0 saturated carbocycles. The van der Waals surface area contributed by atoms with Crippen molar-refractivity contribution >= 4 is 40.4 Å². The van der Waals surface area contributed by atoms with Crippen molar-refractivity contribution in [2.45, 2.75) is 32.7 Å². The Kier molecular flexibility index (Phi) is 5.73. The highest BCUT2D eigenvalue weighted by Crippen LogP contribution is 2.33. The number of carbonyl (C=O) groups is 1. The van der Waals surface area contributed by atoms with E-state index < -0.39 is 0 Å². The van der Waals surface area contributed by atoms with Crippen LogP contribution < -0.4 is 5.32 Å². The number of piperidine rings is 1. The Bertz CT molecular complexity index is 470. The van der Waals surface area contributed by atoms with Crippen molar-refractivity contribution in [1.82, 2.24) is 10.2 Å². The second-order valence-corrected chi connectivity index (χ2v) is 7.86. The lowest BCUT2D eigenvalue weighted by molar-refractivity contribution is 0.0614. The number of halogens is 2. The summed E-state index contributed by atoms with van der Waals surface area (Å²) in [4.78, 5) is 14.8. The van der Waals surface area contributed by atoms with E-state index in [-0.39, 0.29) is 5.91 Å². The minimum absolute atomic E-state index is 0.0127. The van der Waals surface area contributed by atoms with E-state index >= 15 is 0 Å². The maximum atomic E-state index is 12.8. The normalized spacial score (nSPS) is 16.6. The lowest BCUT2D eigenvalue weighted by atomic mass is 10.0. The zero-order valence-corrected chi connectivity index (χ0v) is 14.1. The van der Waals surface area contributed by atoms with E-state index in [2.05, 4.69) is 19.2 Å². The molecule has 1 amide bonds. The summed E-state index contributed by atoms with van der Waals surface area (Å²) in [5.41, 5.74) is 0.542. The molecule has 3 nitrogen and oxygen atoms in total. The van der Waals surface area contributed by atoms with Crippen molar-refractivity contribution in [3.05, 3.63) is 20.3 Å². The first-order valence-electron chi connectivity index (χ1n) is 6.95. The van der Waals surface area contributed by atoms with Crippen molar-refractivity contribution in [1.29, 1.82) is 0 Å². The van der Waals surface area contributed by atoms with Crippen LogP contribution in [0.4, 0.5) is 0 Å². The minimum Gasteiger partial charge on any atom is -0.335 e. The highest BCUT2D eigenvalue weighted by Gasteiger charge is 2.28. The number of hydrogen-bond donors (Lipinski definition) is 1. The van der Waals surface area contributed by atoms with Crippen molar-refractivity contribution in [2.24, 2.45) is 5.92 Å². The molecule has 1 aromatic heterocycles. The van der Waals surface area contributed by atoms with Crippen LogP contribution in [0, 0.1) is 5.92 Å². The van der Waals surface area contributed by atoms with E-state index in [1.165, 1.54) is 11.3 Å². The maximum Gasteiger partial charge on any atom is 0.256 e. The first kappa shape index (κ1) is 16.1. The summed E-state index contributed by atoms with van der Waals surface area (Å²) < 4.78 is 1.05. The first-order chi connectivity index (χ1) is 9.49. The van der Waals surface area contributed by atoms with Gasteiger partial charge in [0.25, 0.3) is 5.91 Å². The van der Waals surface area contributed by atoms with Crippen molar-refractivity contribution in [3.63, 3.8) is 0 Å². The van der Waals surface area contributed by atoms with E-state index in [1.807, 2.05) is 4.90 Å². The molecule has 1 saturated heterocycles. The third kappa shape index (κ3) is 3.88. The van der Waals surface area contributed by atoms with Crippen LogP contribution in [-0.4, -0.2) is 36.5 Å². The van der Waals surface area contributed by atoms with Gasteiger partial charge in [-0.2, -0.15) is 0 Å². The lowest BCUT2D eigenvalue weighted by Crippen LogP contribution is -2.47. The zero-order valence-electron chi connectivity index (χ0n) is 11.8. The van der Waals surface area contributed by atoms with Crippen LogP contribution in [0.3, 0.4) is 0 Å². The van der Waals surface area contributed by atoms with Crippen molar-refractivity contribution < 1.29 is 4.79 Å². The van der Waals surface area contributed by atoms with Gasteiger partial charge >= 0.3 is 0 Å². The SMILES string of the molecule is CC(C)CN(C(=O)c1cc(Cl)sc1Cl)C1CCNCC1. The minimum atomic E-state index is 0.0127. The number of nitrogens with zero attached hydrogens (tertiary/aromatic N) is 1. The van der Waals surface area contributed by atoms with Crippen LogP contribution in [0.2, 0.25) is 8.67 Å². The van der Waals surface area contributed by atoms with Crippen LogP contribution in [0.1, 0.15) is 37.0 Å². The summed E-state index contributed by atoms with van der Waals surface area (Å²) in [6.07, 6.45) is 1.99. The first-order valence-corrected chi connectivity index (χ1v) is 8.52. The Morgan fingerprint density at radius 1 is 1.45 bits per heavy atom. The molecule has 1 aromatic rings. The molecule has 0 spiro atoms. The Hall–Kier alpha value is -0.290. The van der Waals surface area contributed by atoms with Gasteiger partial charge in [0.1, 0.15) is 4.34 Å². The largest absolute Gasteiger partial charge is 0.335 e. The third-order valence-corrected chi connectivity index (χ3v) is 4.95. The smallest absolute Gasteiger partial charge is 0.256 e. The molecule has 0 aromatic carbocycles. The molecule has 20 heavy (non-hydrogen) atoms. The molecule has 1 aliphatic heterocycles. The molecule has 1 N–H and O–H groups in total. The number of carbonyl (C=O) groups excluding carboxylic acids is 1. The number of rotatable bonds is 4. The molecule has 0 bridgehead atoms. The van der Waals surface area contributed by atoms with Gasteiger partial charge in [-0.25, -0.2) is 0 Å². The second-order valence-electron chi connectivity index (χ2n) is 5.57. The maximum absolute atomic E-state index is 12.8. The third-order valence-electron chi connectivity index (χ3n) is 3.46. The van der Waals surface area contributed by atoms with E-state index in [4.69, 9.17) is 23.2 Å². The second kappa shape index (κ2) is 7.12. The number of amides is 1. The monoisotopic (exact) mass is 334 g/mol. The summed E-state index contributed by atoms with van der Waals surface area (Å²) in [6.45, 7) is 6.94. The number of hydrogen-bond acceptors (Lipinski definition) is 3. The van der Waals surface area contributed by atoms with Crippen LogP contribution in [0.15, 0.2) is 6.07 Å². The van der Waals surface area contributed by atoms with Crippen molar-refractivity contribution in [2.75, 3.05) is 19.6 Å². The molecular formula is C14H20Cl2N2OS. The van der Waals surface area contributed by atoms with Gasteiger partial charge in [0, 0.05) is 12.6 Å². The summed E-state index contributed by atoms with van der Waals surface area (Å²) in [5, 5.41) is 3.33. The molecule has 6 heteroatoms. The molecule has 0 unspecified atom stereocenters. The van der Waals surface area contributed by atoms with Gasteiger partial charge in [-0.15, -0.1) is 11.3 Å². The Balaban J connectivity index is 2.20. The van der Waals surface area contributed by atoms with Crippen molar-refractivity contribution in [3.8, 4) is 0 Å². The number of nitrogens with one attached hydrogen (secondary N) is 1. The van der Waals surface area contributed by atoms with E-state index in [9.17, 15) is 4.79 Å². The quantitative estimate of drug-likeness (QED) is 0.905. The fourth-order valence-electron chi connectivity index (χ4n) is 2.55. The molecular weight excluding hydrogens is 315 g/mol. The Labute approximate surface area is 134 Å². The van der Waals surface area contributed by atoms with Gasteiger partial charge in [0.15, 0.2) is 0 Å². The number of thiophene rings is 1. The van der Waals surface area contributed by atoms with Gasteiger partial charge in [-0.05, 0) is 37.9 Å². The van der Waals surface area contributed by atoms with E-state index in [0.29, 0.717) is 26.2 Å². The summed E-state index contributed by atoms with van der Waals surface area (Å²) >= 11 is 13.3. The van der Waals surface area contributed by atoms with Crippen LogP contribution in [-0.2, 0) is 0 Å². The van der Waals surface area contributed by atoms with Crippen LogP contribution in [0.5, 0.6) is 0 Å². The molecule has 2 rings (SSSR count). The summed E-state index contributed by atoms with van der Waals surface area (Å²) in [5.74, 6) is 0.445. The van der Waals surface area contributed by atoms with E-state index in [1.54, 1.807) is 6.07 Å². The van der Waals surface area contributed by atoms with Gasteiger partial charge in [-0.3, -0.25) is 4.79 Å². The highest BCUT2D eigenvalue weighted by atomic mass is 35.5. The van der Waals surface area contributed by atoms with Crippen LogP contribution in [0.25, 0.3) is 0 Å². The lowest BCUT2D eigenvalue weighted by Gasteiger charge is -2.35. The predicted octanol–water partition coefficient (Wildman–Crippen LogP) is 3.91. The average molecular weight is 335 g/mol. The van der Waals surface area contributed by atoms with Gasteiger partial charge < -0.3 is 10.2 Å². The topological polar surface area (TPSA) is 32.3 Å². The van der Waals surface area contributed by atoms with Gasteiger partial charge in [0.2, 0.25) is 0 Å². The Morgan fingerprint density at radius 2 is 2.10 bits per heavy atom. The Morgan fingerprint density at radius 3 is 2.60 bits per heavy atom.